The van der Waals surface area contributed by atoms with Gasteiger partial charge in [0.25, 0.3) is 0 Å². The molecule has 0 bridgehead atoms. The molecule has 0 saturated heterocycles. The summed E-state index contributed by atoms with van der Waals surface area (Å²) < 4.78 is 5.49. The maximum Gasteiger partial charge on any atom is 0.306 e. The summed E-state index contributed by atoms with van der Waals surface area (Å²) in [6.45, 7) is 0. The van der Waals surface area contributed by atoms with Crippen LogP contribution in [0, 0.1) is 0 Å². The molecule has 3 nitrogen and oxygen atoms in total. The Bertz CT molecular complexity index is 679. The lowest BCUT2D eigenvalue weighted by molar-refractivity contribution is 0.564. The van der Waals surface area contributed by atoms with Crippen LogP contribution in [-0.2, 0) is 0 Å². The highest BCUT2D eigenvalue weighted by atomic mass is 32.2. The van der Waals surface area contributed by atoms with Crippen LogP contribution in [0.5, 0.6) is 0 Å². The number of rotatable bonds is 1. The molecule has 4 heteroatoms. The van der Waals surface area contributed by atoms with Crippen LogP contribution in [0.2, 0.25) is 0 Å². The summed E-state index contributed by atoms with van der Waals surface area (Å²) in [7, 11) is 0. The first-order valence-corrected chi connectivity index (χ1v) is 6.81. The van der Waals surface area contributed by atoms with Crippen molar-refractivity contribution in [3.63, 3.8) is 0 Å². The fourth-order valence-corrected chi connectivity index (χ4v) is 3.29. The Morgan fingerprint density at radius 2 is 1.53 bits per heavy atom. The minimum atomic E-state index is 0.597. The van der Waals surface area contributed by atoms with Gasteiger partial charge in [0, 0.05) is 9.79 Å². The molecule has 0 unspecified atom stereocenters. The van der Waals surface area contributed by atoms with Crippen LogP contribution in [0.1, 0.15) is 0 Å². The minimum Gasteiger partial charge on any atom is -0.432 e. The Kier molecular flexibility index (Phi) is 2.35. The summed E-state index contributed by atoms with van der Waals surface area (Å²) in [6.07, 6.45) is 3.27. The average Bonchev–Trinajstić information content (AvgIpc) is 2.98. The molecule has 1 aromatic heterocycles. The van der Waals surface area contributed by atoms with Gasteiger partial charge < -0.3 is 4.42 Å². The van der Waals surface area contributed by atoms with E-state index in [0.717, 1.165) is 11.4 Å². The topological polar surface area (TPSA) is 29.3 Å². The molecular weight excluding hydrogens is 256 g/mol. The number of oxazole rings is 1. The fraction of sp³-hybridized carbons (Fsp3) is 0. The van der Waals surface area contributed by atoms with E-state index in [0.29, 0.717) is 6.01 Å². The summed E-state index contributed by atoms with van der Waals surface area (Å²) in [4.78, 5) is 8.76. The zero-order chi connectivity index (χ0) is 12.7. The smallest absolute Gasteiger partial charge is 0.306 e. The molecule has 0 spiro atoms. The van der Waals surface area contributed by atoms with Crippen molar-refractivity contribution in [2.24, 2.45) is 0 Å². The second-order valence-corrected chi connectivity index (χ2v) is 5.27. The Hall–Kier alpha value is -2.20. The number of anilines is 3. The summed E-state index contributed by atoms with van der Waals surface area (Å²) in [5.41, 5.74) is 2.21. The molecule has 1 aliphatic rings. The van der Waals surface area contributed by atoms with Gasteiger partial charge in [0.05, 0.1) is 17.6 Å². The van der Waals surface area contributed by atoms with E-state index in [1.54, 1.807) is 24.2 Å². The quantitative estimate of drug-likeness (QED) is 0.503. The molecule has 0 fully saturated rings. The maximum atomic E-state index is 5.49. The van der Waals surface area contributed by atoms with Crippen molar-refractivity contribution in [1.82, 2.24) is 4.98 Å². The van der Waals surface area contributed by atoms with Crippen LogP contribution in [0.3, 0.4) is 0 Å². The third-order valence-electron chi connectivity index (χ3n) is 3.04. The normalized spacial score (nSPS) is 12.9. The molecule has 0 saturated carbocycles. The summed E-state index contributed by atoms with van der Waals surface area (Å²) in [5, 5.41) is 0. The van der Waals surface area contributed by atoms with Gasteiger partial charge in [0.2, 0.25) is 0 Å². The predicted molar refractivity (Wildman–Crippen MR) is 75.3 cm³/mol. The Morgan fingerprint density at radius 1 is 0.895 bits per heavy atom. The number of hydrogen-bond donors (Lipinski definition) is 0. The first-order valence-electron chi connectivity index (χ1n) is 5.99. The molecule has 19 heavy (non-hydrogen) atoms. The monoisotopic (exact) mass is 266 g/mol. The molecule has 2 heterocycles. The van der Waals surface area contributed by atoms with Crippen molar-refractivity contribution < 1.29 is 4.42 Å². The predicted octanol–water partition coefficient (Wildman–Crippen LogP) is 4.61. The Morgan fingerprint density at radius 3 is 2.11 bits per heavy atom. The second-order valence-electron chi connectivity index (χ2n) is 4.19. The van der Waals surface area contributed by atoms with E-state index in [1.165, 1.54) is 9.79 Å². The van der Waals surface area contributed by atoms with E-state index >= 15 is 0 Å². The van der Waals surface area contributed by atoms with E-state index in [-0.39, 0.29) is 0 Å². The zero-order valence-electron chi connectivity index (χ0n) is 9.98. The van der Waals surface area contributed by atoms with E-state index in [2.05, 4.69) is 34.1 Å². The Labute approximate surface area is 114 Å². The lowest BCUT2D eigenvalue weighted by Gasteiger charge is -2.29. The fourth-order valence-electron chi connectivity index (χ4n) is 2.24. The second kappa shape index (κ2) is 4.17. The van der Waals surface area contributed by atoms with Crippen LogP contribution in [-0.4, -0.2) is 4.98 Å². The molecule has 92 valence electrons. The van der Waals surface area contributed by atoms with Gasteiger partial charge in [-0.1, -0.05) is 36.0 Å². The van der Waals surface area contributed by atoms with Crippen molar-refractivity contribution in [2.45, 2.75) is 9.79 Å². The number of nitrogens with zero attached hydrogens (tertiary/aromatic N) is 2. The summed E-state index contributed by atoms with van der Waals surface area (Å²) in [6, 6.07) is 17.2. The van der Waals surface area contributed by atoms with E-state index in [1.807, 2.05) is 24.3 Å². The highest BCUT2D eigenvalue weighted by Crippen LogP contribution is 2.50. The standard InChI is InChI=1S/C15H10N2OS/c1-3-7-13-11(5-1)17(15-16-9-10-18-15)12-6-2-4-8-14(12)19-13/h1-10H. The van der Waals surface area contributed by atoms with Gasteiger partial charge in [-0.05, 0) is 24.3 Å². The van der Waals surface area contributed by atoms with E-state index < -0.39 is 0 Å². The van der Waals surface area contributed by atoms with E-state index in [4.69, 9.17) is 4.42 Å². The first kappa shape index (κ1) is 10.7. The molecule has 2 aromatic carbocycles. The van der Waals surface area contributed by atoms with Crippen LogP contribution >= 0.6 is 11.8 Å². The zero-order valence-corrected chi connectivity index (χ0v) is 10.8. The number of para-hydroxylation sites is 2. The third-order valence-corrected chi connectivity index (χ3v) is 4.17. The molecule has 3 aromatic rings. The van der Waals surface area contributed by atoms with Crippen LogP contribution in [0.15, 0.2) is 75.2 Å². The number of aromatic nitrogens is 1. The van der Waals surface area contributed by atoms with Crippen LogP contribution < -0.4 is 4.90 Å². The molecule has 4 rings (SSSR count). The molecule has 0 amide bonds. The van der Waals surface area contributed by atoms with Crippen LogP contribution in [0.25, 0.3) is 0 Å². The molecular formula is C15H10N2OS. The van der Waals surface area contributed by atoms with E-state index in [9.17, 15) is 0 Å². The molecule has 1 aliphatic heterocycles. The average molecular weight is 266 g/mol. The molecule has 0 N–H and O–H groups in total. The van der Waals surface area contributed by atoms with Gasteiger partial charge in [0.1, 0.15) is 6.26 Å². The number of fused-ring (bicyclic) bond motifs is 2. The Balaban J connectivity index is 1.98. The largest absolute Gasteiger partial charge is 0.432 e. The van der Waals surface area contributed by atoms with Crippen molar-refractivity contribution in [3.8, 4) is 0 Å². The van der Waals surface area contributed by atoms with Crippen molar-refractivity contribution in [1.29, 1.82) is 0 Å². The third kappa shape index (κ3) is 1.64. The van der Waals surface area contributed by atoms with Gasteiger partial charge >= 0.3 is 6.01 Å². The number of benzene rings is 2. The minimum absolute atomic E-state index is 0.597. The SMILES string of the molecule is c1ccc2c(c1)Sc1ccccc1N2c1ncco1. The lowest BCUT2D eigenvalue weighted by Crippen LogP contribution is -2.14. The summed E-state index contributed by atoms with van der Waals surface area (Å²) >= 11 is 1.77. The molecule has 0 aliphatic carbocycles. The maximum absolute atomic E-state index is 5.49. The molecule has 0 atom stereocenters. The lowest BCUT2D eigenvalue weighted by atomic mass is 10.2. The van der Waals surface area contributed by atoms with Crippen molar-refractivity contribution in [3.05, 3.63) is 61.0 Å². The van der Waals surface area contributed by atoms with Gasteiger partial charge in [-0.15, -0.1) is 0 Å². The van der Waals surface area contributed by atoms with Gasteiger partial charge in [-0.25, -0.2) is 4.98 Å². The van der Waals surface area contributed by atoms with Crippen LogP contribution in [0.4, 0.5) is 17.4 Å². The molecule has 0 radical (unpaired) electrons. The first-order chi connectivity index (χ1) is 9.43. The van der Waals surface area contributed by atoms with Gasteiger partial charge in [0.15, 0.2) is 0 Å². The number of hydrogen-bond acceptors (Lipinski definition) is 4. The van der Waals surface area contributed by atoms with Gasteiger partial charge in [-0.3, -0.25) is 4.90 Å². The van der Waals surface area contributed by atoms with Gasteiger partial charge in [-0.2, -0.15) is 0 Å². The van der Waals surface area contributed by atoms with Crippen molar-refractivity contribution >= 4 is 29.2 Å². The van der Waals surface area contributed by atoms with Crippen molar-refractivity contribution in [2.75, 3.05) is 4.90 Å². The highest BCUT2D eigenvalue weighted by molar-refractivity contribution is 7.99. The summed E-state index contributed by atoms with van der Waals surface area (Å²) in [5.74, 6) is 0. The highest BCUT2D eigenvalue weighted by Gasteiger charge is 2.26.